The third kappa shape index (κ3) is 6.11. The fourth-order valence-electron chi connectivity index (χ4n) is 1.58. The van der Waals surface area contributed by atoms with Crippen molar-refractivity contribution < 1.29 is 32.2 Å². The second-order valence-corrected chi connectivity index (χ2v) is 7.95. The second-order valence-electron chi connectivity index (χ2n) is 7.15. The molecule has 1 heterocycles. The summed E-state index contributed by atoms with van der Waals surface area (Å²) in [4.78, 5) is 31.9. The topological polar surface area (TPSA) is 81.6 Å². The van der Waals surface area contributed by atoms with E-state index < -0.39 is 45.5 Å². The van der Waals surface area contributed by atoms with Crippen molar-refractivity contribution in [1.82, 2.24) is 9.97 Å². The lowest BCUT2D eigenvalue weighted by molar-refractivity contribution is -0.141. The van der Waals surface area contributed by atoms with Crippen molar-refractivity contribution in [2.45, 2.75) is 58.9 Å². The predicted octanol–water partition coefficient (Wildman–Crippen LogP) is 4.93. The van der Waals surface area contributed by atoms with E-state index in [4.69, 9.17) is 9.47 Å². The van der Waals surface area contributed by atoms with E-state index in [9.17, 15) is 22.8 Å². The molecule has 0 saturated carbocycles. The minimum absolute atomic E-state index is 0.289. The highest BCUT2D eigenvalue weighted by Gasteiger charge is 2.40. The molecule has 0 aliphatic rings. The van der Waals surface area contributed by atoms with E-state index in [0.717, 1.165) is 0 Å². The van der Waals surface area contributed by atoms with Gasteiger partial charge in [0.05, 0.1) is 4.47 Å². The van der Waals surface area contributed by atoms with Crippen LogP contribution in [0.2, 0.25) is 0 Å². The highest BCUT2D eigenvalue weighted by Crippen LogP contribution is 2.37. The van der Waals surface area contributed by atoms with Gasteiger partial charge in [0.2, 0.25) is 0 Å². The maximum Gasteiger partial charge on any atom is 0.434 e. The zero-order chi connectivity index (χ0) is 20.5. The van der Waals surface area contributed by atoms with Gasteiger partial charge in [0.25, 0.3) is 0 Å². The third-order valence-electron chi connectivity index (χ3n) is 2.40. The molecule has 0 aliphatic carbocycles. The number of hydrogen-bond donors (Lipinski definition) is 0. The maximum absolute atomic E-state index is 13.1. The van der Waals surface area contributed by atoms with Crippen molar-refractivity contribution in [3.05, 3.63) is 16.5 Å². The van der Waals surface area contributed by atoms with Crippen LogP contribution in [0, 0.1) is 0 Å². The molecule has 1 aromatic heterocycles. The first-order chi connectivity index (χ1) is 11.5. The van der Waals surface area contributed by atoms with E-state index in [2.05, 4.69) is 25.9 Å². The van der Waals surface area contributed by atoms with Crippen LogP contribution in [0.1, 0.15) is 47.2 Å². The van der Waals surface area contributed by atoms with Crippen molar-refractivity contribution in [3.63, 3.8) is 0 Å². The fourth-order valence-corrected chi connectivity index (χ4v) is 2.18. The molecule has 11 heteroatoms. The number of anilines is 1. The first-order valence-corrected chi connectivity index (χ1v) is 8.16. The summed E-state index contributed by atoms with van der Waals surface area (Å²) in [5, 5.41) is 0. The molecule has 0 radical (unpaired) electrons. The molecule has 0 fully saturated rings. The Labute approximate surface area is 157 Å². The number of rotatable bonds is 1. The number of ether oxygens (including phenoxy) is 2. The Morgan fingerprint density at radius 1 is 0.962 bits per heavy atom. The molecule has 26 heavy (non-hydrogen) atoms. The molecule has 146 valence electrons. The molecule has 0 spiro atoms. The van der Waals surface area contributed by atoms with Gasteiger partial charge in [0, 0.05) is 0 Å². The molecular weight excluding hydrogens is 423 g/mol. The lowest BCUT2D eigenvalue weighted by atomic mass is 10.2. The average molecular weight is 442 g/mol. The number of amides is 2. The van der Waals surface area contributed by atoms with E-state index in [-0.39, 0.29) is 4.90 Å². The lowest BCUT2D eigenvalue weighted by Crippen LogP contribution is -2.44. The van der Waals surface area contributed by atoms with Crippen LogP contribution in [0.25, 0.3) is 0 Å². The van der Waals surface area contributed by atoms with Crippen LogP contribution in [0.15, 0.2) is 10.8 Å². The summed E-state index contributed by atoms with van der Waals surface area (Å²) in [6.07, 6.45) is -6.71. The molecule has 0 atom stereocenters. The second kappa shape index (κ2) is 7.37. The number of alkyl halides is 3. The highest BCUT2D eigenvalue weighted by molar-refractivity contribution is 9.10. The summed E-state index contributed by atoms with van der Waals surface area (Å²) >= 11 is 2.71. The maximum atomic E-state index is 13.1. The van der Waals surface area contributed by atoms with Crippen molar-refractivity contribution in [3.8, 4) is 0 Å². The van der Waals surface area contributed by atoms with Crippen LogP contribution < -0.4 is 4.90 Å². The summed E-state index contributed by atoms with van der Waals surface area (Å²) in [7, 11) is 0. The lowest BCUT2D eigenvalue weighted by Gasteiger charge is -2.28. The summed E-state index contributed by atoms with van der Waals surface area (Å²) in [5.74, 6) is -0.643. The first-order valence-electron chi connectivity index (χ1n) is 7.37. The number of hydrogen-bond acceptors (Lipinski definition) is 6. The largest absolute Gasteiger partial charge is 0.443 e. The van der Waals surface area contributed by atoms with Gasteiger partial charge in [-0.15, -0.1) is 0 Å². The van der Waals surface area contributed by atoms with Crippen molar-refractivity contribution >= 4 is 33.9 Å². The first kappa shape index (κ1) is 22.1. The van der Waals surface area contributed by atoms with Gasteiger partial charge in [-0.3, -0.25) is 0 Å². The smallest absolute Gasteiger partial charge is 0.434 e. The van der Waals surface area contributed by atoms with Gasteiger partial charge in [0.1, 0.15) is 17.5 Å². The minimum Gasteiger partial charge on any atom is -0.443 e. The summed E-state index contributed by atoms with van der Waals surface area (Å²) in [6.45, 7) is 9.22. The molecule has 7 nitrogen and oxygen atoms in total. The molecule has 0 saturated heterocycles. The van der Waals surface area contributed by atoms with Gasteiger partial charge in [-0.05, 0) is 57.5 Å². The normalized spacial score (nSPS) is 12.5. The summed E-state index contributed by atoms with van der Waals surface area (Å²) < 4.78 is 48.7. The number of halogens is 4. The molecule has 0 unspecified atom stereocenters. The van der Waals surface area contributed by atoms with Crippen LogP contribution in [-0.2, 0) is 15.7 Å². The van der Waals surface area contributed by atoms with Gasteiger partial charge in [-0.2, -0.15) is 18.1 Å². The van der Waals surface area contributed by atoms with Crippen LogP contribution in [0.3, 0.4) is 0 Å². The molecule has 0 aliphatic heterocycles. The van der Waals surface area contributed by atoms with E-state index >= 15 is 0 Å². The van der Waals surface area contributed by atoms with Gasteiger partial charge in [0.15, 0.2) is 11.5 Å². The molecule has 2 amide bonds. The molecule has 0 bridgehead atoms. The van der Waals surface area contributed by atoms with E-state index in [1.807, 2.05) is 0 Å². The summed E-state index contributed by atoms with van der Waals surface area (Å²) in [5.41, 5.74) is -3.37. The Kier molecular flexibility index (Phi) is 6.28. The molecule has 1 aromatic rings. The zero-order valence-corrected chi connectivity index (χ0v) is 16.6. The van der Waals surface area contributed by atoms with Gasteiger partial charge in [-0.1, -0.05) is 0 Å². The molecule has 1 rings (SSSR count). The van der Waals surface area contributed by atoms with E-state index in [0.29, 0.717) is 6.33 Å². The van der Waals surface area contributed by atoms with Gasteiger partial charge in [-0.25, -0.2) is 19.6 Å². The number of aromatic nitrogens is 2. The van der Waals surface area contributed by atoms with Crippen molar-refractivity contribution in [2.24, 2.45) is 0 Å². The Hall–Kier alpha value is -1.91. The number of imide groups is 1. The van der Waals surface area contributed by atoms with Gasteiger partial charge < -0.3 is 9.47 Å². The van der Waals surface area contributed by atoms with Crippen molar-refractivity contribution in [2.75, 3.05) is 4.90 Å². The van der Waals surface area contributed by atoms with Crippen LogP contribution in [0.4, 0.5) is 28.6 Å². The zero-order valence-electron chi connectivity index (χ0n) is 15.1. The van der Waals surface area contributed by atoms with Crippen LogP contribution >= 0.6 is 15.9 Å². The number of carbonyl (C=O) groups excluding carboxylic acids is 2. The number of nitrogens with zero attached hydrogens (tertiary/aromatic N) is 3. The quantitative estimate of drug-likeness (QED) is 0.613. The average Bonchev–Trinajstić information content (AvgIpc) is 2.35. The number of carbonyl (C=O) groups is 2. The molecular formula is C15H19BrF3N3O4. The minimum atomic E-state index is -4.83. The van der Waals surface area contributed by atoms with Crippen LogP contribution in [0.5, 0.6) is 0 Å². The molecule has 0 N–H and O–H groups in total. The third-order valence-corrected chi connectivity index (χ3v) is 3.13. The predicted molar refractivity (Wildman–Crippen MR) is 89.7 cm³/mol. The monoisotopic (exact) mass is 441 g/mol. The Morgan fingerprint density at radius 2 is 1.38 bits per heavy atom. The van der Waals surface area contributed by atoms with E-state index in [1.54, 1.807) is 0 Å². The SMILES string of the molecule is CC(C)(C)OC(=O)N(C(=O)OC(C)(C)C)c1ncnc(C(F)(F)F)c1Br. The highest BCUT2D eigenvalue weighted by atomic mass is 79.9. The fraction of sp³-hybridized carbons (Fsp3) is 0.600. The van der Waals surface area contributed by atoms with Crippen LogP contribution in [-0.4, -0.2) is 33.4 Å². The molecule has 0 aromatic carbocycles. The Bertz CT molecular complexity index is 669. The van der Waals surface area contributed by atoms with E-state index in [1.165, 1.54) is 41.5 Å². The van der Waals surface area contributed by atoms with Gasteiger partial charge >= 0.3 is 18.4 Å². The Balaban J connectivity index is 3.47. The van der Waals surface area contributed by atoms with Crippen molar-refractivity contribution in [1.29, 1.82) is 0 Å². The Morgan fingerprint density at radius 3 is 1.73 bits per heavy atom. The summed E-state index contributed by atoms with van der Waals surface area (Å²) in [6, 6.07) is 0. The standard InChI is InChI=1S/C15H19BrF3N3O4/c1-13(2,3)25-11(23)22(12(24)26-14(4,5)6)10-8(16)9(15(17,18)19)20-7-21-10/h7H,1-6H3.